The molecule has 94 valence electrons. The number of nitrogens with two attached hydrogens (primary N) is 1. The van der Waals surface area contributed by atoms with Gasteiger partial charge in [0.25, 0.3) is 5.91 Å². The lowest BCUT2D eigenvalue weighted by atomic mass is 10.2. The second-order valence-corrected chi connectivity index (χ2v) is 3.86. The molecule has 0 aliphatic carbocycles. The number of amides is 1. The molecule has 2 rings (SSSR count). The van der Waals surface area contributed by atoms with Gasteiger partial charge in [-0.1, -0.05) is 6.07 Å². The summed E-state index contributed by atoms with van der Waals surface area (Å²) in [4.78, 5) is 12.0. The summed E-state index contributed by atoms with van der Waals surface area (Å²) >= 11 is 0. The highest BCUT2D eigenvalue weighted by molar-refractivity contribution is 6.07. The van der Waals surface area contributed by atoms with Gasteiger partial charge in [0.1, 0.15) is 17.1 Å². The molecule has 2 aromatic rings. The Labute approximate surface area is 104 Å². The fourth-order valence-electron chi connectivity index (χ4n) is 1.59. The van der Waals surface area contributed by atoms with E-state index in [1.54, 1.807) is 13.2 Å². The fourth-order valence-corrected chi connectivity index (χ4v) is 1.59. The van der Waals surface area contributed by atoms with Crippen LogP contribution in [0, 0.1) is 6.92 Å². The minimum Gasteiger partial charge on any atom is -0.495 e. The van der Waals surface area contributed by atoms with Gasteiger partial charge in [-0.25, -0.2) is 0 Å². The van der Waals surface area contributed by atoms with Crippen molar-refractivity contribution in [3.8, 4) is 5.75 Å². The molecule has 6 nitrogen and oxygen atoms in total. The molecule has 4 N–H and O–H groups in total. The van der Waals surface area contributed by atoms with Crippen LogP contribution in [0.2, 0.25) is 0 Å². The Bertz CT molecular complexity index is 577. The van der Waals surface area contributed by atoms with Crippen molar-refractivity contribution in [2.45, 2.75) is 6.92 Å². The normalized spacial score (nSPS) is 10.1. The van der Waals surface area contributed by atoms with Gasteiger partial charge in [0.15, 0.2) is 0 Å². The zero-order chi connectivity index (χ0) is 13.1. The van der Waals surface area contributed by atoms with E-state index in [2.05, 4.69) is 15.5 Å². The van der Waals surface area contributed by atoms with Gasteiger partial charge in [0.05, 0.1) is 19.0 Å². The molecule has 1 aromatic carbocycles. The van der Waals surface area contributed by atoms with Crippen LogP contribution in [0.5, 0.6) is 5.75 Å². The van der Waals surface area contributed by atoms with Gasteiger partial charge in [-0.15, -0.1) is 0 Å². The maximum atomic E-state index is 12.0. The van der Waals surface area contributed by atoms with E-state index in [0.29, 0.717) is 17.0 Å². The summed E-state index contributed by atoms with van der Waals surface area (Å²) in [5.74, 6) is 0.500. The van der Waals surface area contributed by atoms with Gasteiger partial charge in [-0.05, 0) is 24.6 Å². The third-order valence-electron chi connectivity index (χ3n) is 2.52. The molecule has 0 radical (unpaired) electrons. The SMILES string of the molecule is COc1ccc(C)cc1NC(=O)c1cn[nH]c1N. The van der Waals surface area contributed by atoms with Crippen LogP contribution in [0.4, 0.5) is 11.5 Å². The predicted molar refractivity (Wildman–Crippen MR) is 68.7 cm³/mol. The summed E-state index contributed by atoms with van der Waals surface area (Å²) in [7, 11) is 1.55. The van der Waals surface area contributed by atoms with Gasteiger partial charge in [0, 0.05) is 0 Å². The second-order valence-electron chi connectivity index (χ2n) is 3.86. The Hall–Kier alpha value is -2.50. The molecule has 0 fully saturated rings. The number of hydrogen-bond acceptors (Lipinski definition) is 4. The molecule has 0 spiro atoms. The lowest BCUT2D eigenvalue weighted by Crippen LogP contribution is -2.13. The Morgan fingerprint density at radius 1 is 1.50 bits per heavy atom. The summed E-state index contributed by atoms with van der Waals surface area (Å²) in [6.45, 7) is 1.93. The van der Waals surface area contributed by atoms with Gasteiger partial charge in [-0.3, -0.25) is 9.89 Å². The zero-order valence-electron chi connectivity index (χ0n) is 10.2. The quantitative estimate of drug-likeness (QED) is 0.766. The van der Waals surface area contributed by atoms with E-state index in [-0.39, 0.29) is 11.7 Å². The molecule has 0 aliphatic heterocycles. The number of H-pyrrole nitrogens is 1. The standard InChI is InChI=1S/C12H14N4O2/c1-7-3-4-10(18-2)9(5-7)15-12(17)8-6-14-16-11(8)13/h3-6H,1-2H3,(H,15,17)(H3,13,14,16). The molecule has 1 aromatic heterocycles. The Morgan fingerprint density at radius 2 is 2.28 bits per heavy atom. The predicted octanol–water partition coefficient (Wildman–Crippen LogP) is 1.56. The van der Waals surface area contributed by atoms with Crippen molar-refractivity contribution >= 4 is 17.4 Å². The fraction of sp³-hybridized carbons (Fsp3) is 0.167. The summed E-state index contributed by atoms with van der Waals surface area (Å²) < 4.78 is 5.18. The van der Waals surface area contributed by atoms with Crippen molar-refractivity contribution in [2.75, 3.05) is 18.2 Å². The van der Waals surface area contributed by atoms with Crippen molar-refractivity contribution in [1.29, 1.82) is 0 Å². The number of rotatable bonds is 3. The molecule has 0 atom stereocenters. The first-order valence-electron chi connectivity index (χ1n) is 5.36. The number of nitrogens with zero attached hydrogens (tertiary/aromatic N) is 1. The molecular weight excluding hydrogens is 232 g/mol. The smallest absolute Gasteiger partial charge is 0.261 e. The number of benzene rings is 1. The molecular formula is C12H14N4O2. The van der Waals surface area contributed by atoms with Crippen LogP contribution in [-0.4, -0.2) is 23.2 Å². The highest BCUT2D eigenvalue weighted by atomic mass is 16.5. The average Bonchev–Trinajstić information content (AvgIpc) is 2.76. The van der Waals surface area contributed by atoms with Crippen LogP contribution in [0.15, 0.2) is 24.4 Å². The van der Waals surface area contributed by atoms with Crippen molar-refractivity contribution in [3.05, 3.63) is 35.5 Å². The highest BCUT2D eigenvalue weighted by Gasteiger charge is 2.13. The lowest BCUT2D eigenvalue weighted by molar-refractivity contribution is 0.102. The van der Waals surface area contributed by atoms with Crippen LogP contribution in [-0.2, 0) is 0 Å². The van der Waals surface area contributed by atoms with Gasteiger partial charge >= 0.3 is 0 Å². The summed E-state index contributed by atoms with van der Waals surface area (Å²) in [6, 6.07) is 5.53. The molecule has 0 unspecified atom stereocenters. The van der Waals surface area contributed by atoms with Crippen LogP contribution in [0.1, 0.15) is 15.9 Å². The summed E-state index contributed by atoms with van der Waals surface area (Å²) in [5, 5.41) is 8.96. The monoisotopic (exact) mass is 246 g/mol. The first-order chi connectivity index (χ1) is 8.61. The Morgan fingerprint density at radius 3 is 2.89 bits per heavy atom. The highest BCUT2D eigenvalue weighted by Crippen LogP contribution is 2.26. The number of carbonyl (C=O) groups is 1. The topological polar surface area (TPSA) is 93.0 Å². The number of carbonyl (C=O) groups excluding carboxylic acids is 1. The molecule has 6 heteroatoms. The van der Waals surface area contributed by atoms with Crippen molar-refractivity contribution in [2.24, 2.45) is 0 Å². The minimum atomic E-state index is -0.329. The number of nitrogen functional groups attached to an aromatic ring is 1. The van der Waals surface area contributed by atoms with Crippen molar-refractivity contribution < 1.29 is 9.53 Å². The Kier molecular flexibility index (Phi) is 3.18. The molecule has 0 saturated heterocycles. The number of nitrogens with one attached hydrogen (secondary N) is 2. The number of aromatic amines is 1. The molecule has 0 saturated carbocycles. The molecule has 1 heterocycles. The maximum Gasteiger partial charge on any atom is 0.261 e. The van der Waals surface area contributed by atoms with Crippen LogP contribution >= 0.6 is 0 Å². The van der Waals surface area contributed by atoms with E-state index in [1.165, 1.54) is 6.20 Å². The van der Waals surface area contributed by atoms with E-state index in [4.69, 9.17) is 10.5 Å². The molecule has 0 bridgehead atoms. The lowest BCUT2D eigenvalue weighted by Gasteiger charge is -2.10. The van der Waals surface area contributed by atoms with Crippen molar-refractivity contribution in [3.63, 3.8) is 0 Å². The minimum absolute atomic E-state index is 0.235. The average molecular weight is 246 g/mol. The van der Waals surface area contributed by atoms with Gasteiger partial charge in [0.2, 0.25) is 0 Å². The van der Waals surface area contributed by atoms with Gasteiger partial charge in [-0.2, -0.15) is 5.10 Å². The van der Waals surface area contributed by atoms with E-state index in [9.17, 15) is 4.79 Å². The number of hydrogen-bond donors (Lipinski definition) is 3. The number of methoxy groups -OCH3 is 1. The van der Waals surface area contributed by atoms with E-state index in [0.717, 1.165) is 5.56 Å². The molecule has 0 aliphatic rings. The number of anilines is 2. The maximum absolute atomic E-state index is 12.0. The summed E-state index contributed by atoms with van der Waals surface area (Å²) in [6.07, 6.45) is 1.38. The first kappa shape index (κ1) is 12.0. The largest absolute Gasteiger partial charge is 0.495 e. The number of aromatic nitrogens is 2. The zero-order valence-corrected chi connectivity index (χ0v) is 10.2. The van der Waals surface area contributed by atoms with Crippen LogP contribution in [0.3, 0.4) is 0 Å². The van der Waals surface area contributed by atoms with Gasteiger partial charge < -0.3 is 15.8 Å². The van der Waals surface area contributed by atoms with Crippen LogP contribution < -0.4 is 15.8 Å². The second kappa shape index (κ2) is 4.79. The molecule has 1 amide bonds. The molecule has 18 heavy (non-hydrogen) atoms. The van der Waals surface area contributed by atoms with Crippen LogP contribution in [0.25, 0.3) is 0 Å². The van der Waals surface area contributed by atoms with E-state index >= 15 is 0 Å². The Balaban J connectivity index is 2.27. The number of aryl methyl sites for hydroxylation is 1. The first-order valence-corrected chi connectivity index (χ1v) is 5.36. The van der Waals surface area contributed by atoms with E-state index < -0.39 is 0 Å². The third-order valence-corrected chi connectivity index (χ3v) is 2.52. The van der Waals surface area contributed by atoms with Crippen molar-refractivity contribution in [1.82, 2.24) is 10.2 Å². The summed E-state index contributed by atoms with van der Waals surface area (Å²) in [5.41, 5.74) is 7.51. The van der Waals surface area contributed by atoms with E-state index in [1.807, 2.05) is 19.1 Å². The number of ether oxygens (including phenoxy) is 1. The third kappa shape index (κ3) is 2.27.